The molecular formula is C58H45BN2S4. The molecule has 314 valence electrons. The summed E-state index contributed by atoms with van der Waals surface area (Å²) < 4.78 is 8.15. The second kappa shape index (κ2) is 14.3. The lowest BCUT2D eigenvalue weighted by molar-refractivity contribution is 0.591. The van der Waals surface area contributed by atoms with Gasteiger partial charge in [-0.25, -0.2) is 0 Å². The summed E-state index contributed by atoms with van der Waals surface area (Å²) in [5.74, 6) is 0. The van der Waals surface area contributed by atoms with Crippen LogP contribution < -0.4 is 24.8 Å². The summed E-state index contributed by atoms with van der Waals surface area (Å²) in [7, 11) is 0. The molecule has 7 heteroatoms. The van der Waals surface area contributed by atoms with Crippen LogP contribution in [0.4, 0.5) is 34.1 Å². The lowest BCUT2D eigenvalue weighted by Crippen LogP contribution is -2.59. The summed E-state index contributed by atoms with van der Waals surface area (Å²) in [6, 6.07) is 57.8. The van der Waals surface area contributed by atoms with Gasteiger partial charge in [0.25, 0.3) is 6.71 Å². The molecular weight excluding hydrogens is 864 g/mol. The Morgan fingerprint density at radius 1 is 0.415 bits per heavy atom. The lowest BCUT2D eigenvalue weighted by Gasteiger charge is -2.42. The quantitative estimate of drug-likeness (QED) is 0.162. The van der Waals surface area contributed by atoms with Gasteiger partial charge in [0.05, 0.1) is 11.4 Å². The van der Waals surface area contributed by atoms with E-state index in [1.54, 1.807) is 0 Å². The molecule has 65 heavy (non-hydrogen) atoms. The average Bonchev–Trinajstić information content (AvgIpc) is 4.11. The van der Waals surface area contributed by atoms with Crippen LogP contribution in [0.3, 0.4) is 0 Å². The predicted octanol–water partition coefficient (Wildman–Crippen LogP) is 16.6. The molecule has 2 aliphatic rings. The minimum absolute atomic E-state index is 0.0133. The second-order valence-corrected chi connectivity index (χ2v) is 23.7. The van der Waals surface area contributed by atoms with Crippen molar-refractivity contribution in [2.45, 2.75) is 52.4 Å². The molecule has 0 aliphatic carbocycles. The van der Waals surface area contributed by atoms with E-state index in [-0.39, 0.29) is 17.5 Å². The summed E-state index contributed by atoms with van der Waals surface area (Å²) in [6.07, 6.45) is 0. The molecule has 0 N–H and O–H groups in total. The monoisotopic (exact) mass is 908 g/mol. The van der Waals surface area contributed by atoms with Gasteiger partial charge in [-0.2, -0.15) is 0 Å². The third-order valence-electron chi connectivity index (χ3n) is 13.7. The van der Waals surface area contributed by atoms with E-state index in [0.29, 0.717) is 0 Å². The standard InChI is InChI=1S/C58H45BN2S4/c1-57(2,3)36-22-28-50-42(30-36)53-55(64-50)59-52-46(60(53)38-24-18-34(19-25-38)44-32-62-48-16-9-7-12-40(44)48)14-11-15-47(52)61(54-43-31-37(58(4,5)6)23-29-51(43)65-56(54)59)39-26-20-35(21-27-39)45-33-63-49-17-10-8-13-41(45)49/h7-33H,1-6H3. The average molecular weight is 909 g/mol. The number of thiophene rings is 4. The number of hydrogen-bond donors (Lipinski definition) is 0. The largest absolute Gasteiger partial charge is 0.310 e. The molecule has 0 saturated heterocycles. The summed E-state index contributed by atoms with van der Waals surface area (Å²) in [5, 5.41) is 9.92. The summed E-state index contributed by atoms with van der Waals surface area (Å²) >= 11 is 7.62. The van der Waals surface area contributed by atoms with Gasteiger partial charge in [0, 0.05) is 83.8 Å². The number of hydrogen-bond acceptors (Lipinski definition) is 6. The van der Waals surface area contributed by atoms with Crippen molar-refractivity contribution in [2.75, 3.05) is 9.80 Å². The fourth-order valence-electron chi connectivity index (χ4n) is 10.4. The normalized spacial score (nSPS) is 13.6. The topological polar surface area (TPSA) is 6.48 Å². The van der Waals surface area contributed by atoms with E-state index < -0.39 is 0 Å². The van der Waals surface area contributed by atoms with Crippen molar-refractivity contribution in [3.63, 3.8) is 0 Å². The first-order valence-electron chi connectivity index (χ1n) is 22.5. The van der Waals surface area contributed by atoms with E-state index in [1.165, 1.54) is 123 Å². The molecule has 0 spiro atoms. The zero-order chi connectivity index (χ0) is 43.9. The van der Waals surface area contributed by atoms with E-state index >= 15 is 0 Å². The maximum atomic E-state index is 2.60. The van der Waals surface area contributed by atoms with Crippen LogP contribution in [0.5, 0.6) is 0 Å². The van der Waals surface area contributed by atoms with Crippen molar-refractivity contribution >= 4 is 142 Å². The third-order valence-corrected chi connectivity index (χ3v) is 18.1. The van der Waals surface area contributed by atoms with Crippen molar-refractivity contribution in [3.05, 3.63) is 174 Å². The third kappa shape index (κ3) is 6.02. The van der Waals surface area contributed by atoms with Crippen molar-refractivity contribution in [1.82, 2.24) is 0 Å². The van der Waals surface area contributed by atoms with Crippen molar-refractivity contribution in [2.24, 2.45) is 0 Å². The van der Waals surface area contributed by atoms with Gasteiger partial charge in [0.2, 0.25) is 0 Å². The van der Waals surface area contributed by atoms with Gasteiger partial charge in [-0.15, -0.1) is 45.3 Å². The first kappa shape index (κ1) is 39.4. The summed E-state index contributed by atoms with van der Waals surface area (Å²) in [5.41, 5.74) is 16.7. The Kier molecular flexibility index (Phi) is 8.65. The van der Waals surface area contributed by atoms with Crippen LogP contribution in [0.1, 0.15) is 52.7 Å². The molecule has 0 bridgehead atoms. The van der Waals surface area contributed by atoms with Crippen molar-refractivity contribution < 1.29 is 0 Å². The molecule has 4 aromatic heterocycles. The van der Waals surface area contributed by atoms with Crippen LogP contribution in [0, 0.1) is 0 Å². The Bertz CT molecular complexity index is 3460. The molecule has 0 atom stereocenters. The van der Waals surface area contributed by atoms with Gasteiger partial charge >= 0.3 is 0 Å². The van der Waals surface area contributed by atoms with Crippen LogP contribution >= 0.6 is 45.3 Å². The fraction of sp³-hybridized carbons (Fsp3) is 0.138. The second-order valence-electron chi connectivity index (χ2n) is 19.8. The minimum atomic E-state index is 0.0133. The maximum absolute atomic E-state index is 2.60. The van der Waals surface area contributed by atoms with Crippen LogP contribution in [0.25, 0.3) is 62.6 Å². The Balaban J connectivity index is 1.06. The van der Waals surface area contributed by atoms with Gasteiger partial charge in [0.1, 0.15) is 0 Å². The molecule has 6 heterocycles. The molecule has 0 saturated carbocycles. The van der Waals surface area contributed by atoms with Gasteiger partial charge in [-0.3, -0.25) is 0 Å². The highest BCUT2D eigenvalue weighted by molar-refractivity contribution is 7.40. The lowest BCUT2D eigenvalue weighted by atomic mass is 9.39. The maximum Gasteiger partial charge on any atom is 0.277 e. The van der Waals surface area contributed by atoms with E-state index in [9.17, 15) is 0 Å². The summed E-state index contributed by atoms with van der Waals surface area (Å²) in [6.45, 7) is 14.1. The smallest absolute Gasteiger partial charge is 0.277 e. The van der Waals surface area contributed by atoms with Crippen molar-refractivity contribution in [1.29, 1.82) is 0 Å². The number of rotatable bonds is 4. The molecule has 2 aliphatic heterocycles. The Labute approximate surface area is 396 Å². The van der Waals surface area contributed by atoms with E-state index in [0.717, 1.165) is 0 Å². The summed E-state index contributed by atoms with van der Waals surface area (Å²) in [4.78, 5) is 5.20. The Hall–Kier alpha value is -5.96. The van der Waals surface area contributed by atoms with Gasteiger partial charge in [-0.05, 0) is 122 Å². The Morgan fingerprint density at radius 3 is 1.28 bits per heavy atom. The molecule has 7 aromatic carbocycles. The molecule has 0 radical (unpaired) electrons. The van der Waals surface area contributed by atoms with Crippen LogP contribution in [0.15, 0.2) is 162 Å². The van der Waals surface area contributed by atoms with Gasteiger partial charge in [0.15, 0.2) is 0 Å². The molecule has 0 fully saturated rings. The van der Waals surface area contributed by atoms with Crippen LogP contribution in [0.2, 0.25) is 0 Å². The number of anilines is 6. The van der Waals surface area contributed by atoms with Crippen molar-refractivity contribution in [3.8, 4) is 22.3 Å². The van der Waals surface area contributed by atoms with E-state index in [4.69, 9.17) is 0 Å². The number of nitrogens with zero attached hydrogens (tertiary/aromatic N) is 2. The first-order valence-corrected chi connectivity index (χ1v) is 25.9. The van der Waals surface area contributed by atoms with E-state index in [2.05, 4.69) is 214 Å². The van der Waals surface area contributed by atoms with Crippen LogP contribution in [-0.2, 0) is 10.8 Å². The fourth-order valence-corrected chi connectivity index (χ4v) is 15.0. The number of benzene rings is 7. The molecule has 13 rings (SSSR count). The van der Waals surface area contributed by atoms with Gasteiger partial charge < -0.3 is 9.80 Å². The van der Waals surface area contributed by atoms with Crippen LogP contribution in [-0.4, -0.2) is 6.71 Å². The SMILES string of the molecule is CC(C)(C)c1ccc2sc3c(c2c1)N(c1ccc(-c2csc4ccccc24)cc1)c1cccc2c1B3c1sc3ccc(C(C)(C)C)cc3c1N2c1ccc(-c2csc3ccccc23)cc1. The zero-order valence-electron chi connectivity index (χ0n) is 37.2. The minimum Gasteiger partial charge on any atom is -0.310 e. The predicted molar refractivity (Wildman–Crippen MR) is 290 cm³/mol. The highest BCUT2D eigenvalue weighted by Crippen LogP contribution is 2.51. The highest BCUT2D eigenvalue weighted by atomic mass is 32.1. The zero-order valence-corrected chi connectivity index (χ0v) is 40.5. The molecule has 0 amide bonds. The van der Waals surface area contributed by atoms with Gasteiger partial charge in [-0.1, -0.05) is 120 Å². The Morgan fingerprint density at radius 2 is 0.846 bits per heavy atom. The molecule has 2 nitrogen and oxygen atoms in total. The molecule has 11 aromatic rings. The molecule has 0 unspecified atom stereocenters. The number of fused-ring (bicyclic) bond motifs is 10. The first-order chi connectivity index (χ1) is 31.5. The highest BCUT2D eigenvalue weighted by Gasteiger charge is 2.47. The van der Waals surface area contributed by atoms with E-state index in [1.807, 2.05) is 45.3 Å².